The van der Waals surface area contributed by atoms with Crippen molar-refractivity contribution in [3.05, 3.63) is 60.1 Å². The number of H-pyrrole nitrogens is 1. The van der Waals surface area contributed by atoms with Crippen molar-refractivity contribution in [2.45, 2.75) is 133 Å². The van der Waals surface area contributed by atoms with Crippen molar-refractivity contribution >= 4 is 11.8 Å². The summed E-state index contributed by atoms with van der Waals surface area (Å²) in [6.45, 7) is 2.20. The predicted molar refractivity (Wildman–Crippen MR) is 180 cm³/mol. The van der Waals surface area contributed by atoms with Crippen LogP contribution >= 0.6 is 0 Å². The highest BCUT2D eigenvalue weighted by Gasteiger charge is 2.56. The van der Waals surface area contributed by atoms with E-state index in [0.29, 0.717) is 43.8 Å². The number of rotatable bonds is 19. The third-order valence-corrected chi connectivity index (χ3v) is 10.7. The van der Waals surface area contributed by atoms with Crippen molar-refractivity contribution < 1.29 is 30.3 Å². The van der Waals surface area contributed by atoms with Gasteiger partial charge in [-0.2, -0.15) is 0 Å². The summed E-state index contributed by atoms with van der Waals surface area (Å²) in [4.78, 5) is 19.4. The van der Waals surface area contributed by atoms with Crippen LogP contribution in [0.4, 0.5) is 5.82 Å². The molecule has 0 amide bonds. The molecule has 256 valence electrons. The Morgan fingerprint density at radius 3 is 2.54 bits per heavy atom. The predicted octanol–water partition coefficient (Wildman–Crippen LogP) is 5.58. The number of aliphatic hydroxyl groups is 4. The van der Waals surface area contributed by atoms with Gasteiger partial charge in [0.25, 0.3) is 0 Å². The van der Waals surface area contributed by atoms with Gasteiger partial charge >= 0.3 is 5.97 Å². The average Bonchev–Trinajstić information content (AvgIpc) is 3.59. The molecule has 1 fully saturated rings. The molecule has 2 aromatic rings. The third-order valence-electron chi connectivity index (χ3n) is 10.7. The molecule has 0 aromatic carbocycles. The molecule has 1 saturated carbocycles. The van der Waals surface area contributed by atoms with Crippen molar-refractivity contribution in [3.8, 4) is 0 Å². The quantitative estimate of drug-likeness (QED) is 0.0771. The molecule has 0 spiro atoms. The van der Waals surface area contributed by atoms with E-state index >= 15 is 0 Å². The highest BCUT2D eigenvalue weighted by atomic mass is 16.4. The number of hydrogen-bond acceptors (Lipinski definition) is 7. The normalized spacial score (nSPS) is 29.2. The largest absolute Gasteiger partial charge is 0.481 e. The molecular weight excluding hydrogens is 582 g/mol. The van der Waals surface area contributed by atoms with Gasteiger partial charge in [-0.1, -0.05) is 57.6 Å². The minimum atomic E-state index is -1.49. The number of carboxylic acid groups (broad SMARTS) is 1. The number of hydrogen-bond donors (Lipinski definition) is 7. The van der Waals surface area contributed by atoms with E-state index < -0.39 is 29.2 Å². The summed E-state index contributed by atoms with van der Waals surface area (Å²) in [7, 11) is 0. The van der Waals surface area contributed by atoms with E-state index in [0.717, 1.165) is 43.4 Å². The Bertz CT molecular complexity index is 1240. The molecule has 8 atom stereocenters. The molecule has 8 unspecified atom stereocenters. The SMILES string of the molecule is CCCCCC1C=CC(CCCCCC(C(=O)O)C(O)CCC2(O)CC(Cc3ccnc(N)c3)CC2(O)Cc2ccc[nH]2)C(O)C1. The summed E-state index contributed by atoms with van der Waals surface area (Å²) in [5.41, 5.74) is 4.73. The number of aliphatic carboxylic acids is 1. The van der Waals surface area contributed by atoms with Gasteiger partial charge in [-0.3, -0.25) is 4.79 Å². The highest BCUT2D eigenvalue weighted by Crippen LogP contribution is 2.49. The Labute approximate surface area is 274 Å². The van der Waals surface area contributed by atoms with E-state index in [-0.39, 0.29) is 37.2 Å². The molecule has 9 heteroatoms. The first kappa shape index (κ1) is 36.1. The van der Waals surface area contributed by atoms with Crippen molar-refractivity contribution in [3.63, 3.8) is 0 Å². The van der Waals surface area contributed by atoms with Crippen molar-refractivity contribution in [2.75, 3.05) is 5.73 Å². The van der Waals surface area contributed by atoms with Gasteiger partial charge in [-0.05, 0) is 99.5 Å². The zero-order valence-electron chi connectivity index (χ0n) is 27.6. The van der Waals surface area contributed by atoms with Crippen LogP contribution in [0, 0.1) is 23.7 Å². The lowest BCUT2D eigenvalue weighted by molar-refractivity contribution is -0.150. The Kier molecular flexibility index (Phi) is 13.3. The number of nitrogens with zero attached hydrogens (tertiary/aromatic N) is 1. The van der Waals surface area contributed by atoms with Gasteiger partial charge in [0.15, 0.2) is 0 Å². The third kappa shape index (κ3) is 9.89. The number of unbranched alkanes of at least 4 members (excludes halogenated alkanes) is 4. The first-order valence-corrected chi connectivity index (χ1v) is 17.6. The van der Waals surface area contributed by atoms with E-state index in [1.54, 1.807) is 12.4 Å². The lowest BCUT2D eigenvalue weighted by atomic mass is 9.77. The molecule has 46 heavy (non-hydrogen) atoms. The Hall–Kier alpha value is -2.72. The maximum Gasteiger partial charge on any atom is 0.309 e. The highest BCUT2D eigenvalue weighted by molar-refractivity contribution is 5.70. The van der Waals surface area contributed by atoms with Crippen LogP contribution in [0.3, 0.4) is 0 Å². The Morgan fingerprint density at radius 2 is 1.85 bits per heavy atom. The van der Waals surface area contributed by atoms with Gasteiger partial charge < -0.3 is 36.3 Å². The second-order valence-corrected chi connectivity index (χ2v) is 14.3. The number of allylic oxidation sites excluding steroid dienone is 1. The van der Waals surface area contributed by atoms with E-state index in [9.17, 15) is 30.3 Å². The lowest BCUT2D eigenvalue weighted by Gasteiger charge is -2.39. The summed E-state index contributed by atoms with van der Waals surface area (Å²) in [6, 6.07) is 7.42. The number of carbonyl (C=O) groups is 1. The molecule has 2 aromatic heterocycles. The molecule has 8 N–H and O–H groups in total. The fourth-order valence-electron chi connectivity index (χ4n) is 8.01. The van der Waals surface area contributed by atoms with Crippen LogP contribution in [0.1, 0.15) is 108 Å². The van der Waals surface area contributed by atoms with Crippen LogP contribution in [0.2, 0.25) is 0 Å². The number of anilines is 1. The van der Waals surface area contributed by atoms with E-state index in [4.69, 9.17) is 5.73 Å². The van der Waals surface area contributed by atoms with E-state index in [1.807, 2.05) is 24.3 Å². The maximum atomic E-state index is 12.2. The molecule has 4 rings (SSSR count). The zero-order chi connectivity index (χ0) is 33.2. The summed E-state index contributed by atoms with van der Waals surface area (Å²) in [6.07, 6.45) is 17.4. The van der Waals surface area contributed by atoms with Crippen LogP contribution in [0.15, 0.2) is 48.8 Å². The van der Waals surface area contributed by atoms with Crippen LogP contribution in [0.5, 0.6) is 0 Å². The fraction of sp³-hybridized carbons (Fsp3) is 0.676. The molecule has 2 heterocycles. The Morgan fingerprint density at radius 1 is 1.07 bits per heavy atom. The molecule has 0 saturated heterocycles. The minimum Gasteiger partial charge on any atom is -0.481 e. The first-order valence-electron chi connectivity index (χ1n) is 17.6. The number of nitrogen functional groups attached to an aromatic ring is 1. The second-order valence-electron chi connectivity index (χ2n) is 14.3. The first-order chi connectivity index (χ1) is 22.0. The van der Waals surface area contributed by atoms with Crippen molar-refractivity contribution in [2.24, 2.45) is 23.7 Å². The number of aliphatic hydroxyl groups excluding tert-OH is 2. The number of nitrogens with one attached hydrogen (secondary N) is 1. The van der Waals surface area contributed by atoms with Crippen LogP contribution in [0.25, 0.3) is 0 Å². The topological polar surface area (TPSA) is 173 Å². The summed E-state index contributed by atoms with van der Waals surface area (Å²) >= 11 is 0. The van der Waals surface area contributed by atoms with Crippen LogP contribution < -0.4 is 5.73 Å². The van der Waals surface area contributed by atoms with Gasteiger partial charge in [-0.15, -0.1) is 0 Å². The van der Waals surface area contributed by atoms with Gasteiger partial charge in [0.1, 0.15) is 5.82 Å². The number of aromatic nitrogens is 2. The number of pyridine rings is 1. The number of nitrogens with two attached hydrogens (primary N) is 1. The van der Waals surface area contributed by atoms with E-state index in [1.165, 1.54) is 19.3 Å². The smallest absolute Gasteiger partial charge is 0.309 e. The lowest BCUT2D eigenvalue weighted by Crippen LogP contribution is -2.52. The van der Waals surface area contributed by atoms with Crippen molar-refractivity contribution in [1.29, 1.82) is 0 Å². The molecule has 2 aliphatic carbocycles. The van der Waals surface area contributed by atoms with Crippen molar-refractivity contribution in [1.82, 2.24) is 9.97 Å². The summed E-state index contributed by atoms with van der Waals surface area (Å²) in [5.74, 6) is -0.968. The monoisotopic (exact) mass is 639 g/mol. The van der Waals surface area contributed by atoms with Gasteiger partial charge in [0, 0.05) is 30.4 Å². The molecule has 0 bridgehead atoms. The van der Waals surface area contributed by atoms with Gasteiger partial charge in [0.05, 0.1) is 29.3 Å². The van der Waals surface area contributed by atoms with Gasteiger partial charge in [-0.25, -0.2) is 4.98 Å². The average molecular weight is 640 g/mol. The van der Waals surface area contributed by atoms with Gasteiger partial charge in [0.2, 0.25) is 0 Å². The molecule has 2 aliphatic rings. The second kappa shape index (κ2) is 16.9. The molecular formula is C37H57N3O6. The Balaban J connectivity index is 1.28. The molecule has 0 radical (unpaired) electrons. The molecule has 0 aliphatic heterocycles. The standard InChI is InChI=1S/C37H57N3O6/c1-2-3-5-9-26-13-14-29(33(42)21-26)10-6-4-7-12-31(35(43)44)32(41)15-17-36(45)23-28(20-27-16-19-40-34(38)22-27)24-37(36,46)25-30-11-8-18-39-30/h8,11,13-14,16,18-19,22,26,28-29,31-33,39,41-42,45-46H,2-7,9-10,12,15,17,20-21,23-25H2,1H3,(H2,38,40)(H,43,44). The fourth-order valence-corrected chi connectivity index (χ4v) is 8.01. The summed E-state index contributed by atoms with van der Waals surface area (Å²) < 4.78 is 0. The number of aromatic amines is 1. The van der Waals surface area contributed by atoms with E-state index in [2.05, 4.69) is 29.0 Å². The van der Waals surface area contributed by atoms with Crippen LogP contribution in [-0.4, -0.2) is 64.9 Å². The number of carboxylic acids is 1. The van der Waals surface area contributed by atoms with Crippen LogP contribution in [-0.2, 0) is 17.6 Å². The maximum absolute atomic E-state index is 12.2. The summed E-state index contributed by atoms with van der Waals surface area (Å²) in [5, 5.41) is 55.6. The minimum absolute atomic E-state index is 0.0244. The zero-order valence-corrected chi connectivity index (χ0v) is 27.6. The molecule has 9 nitrogen and oxygen atoms in total.